The van der Waals surface area contributed by atoms with E-state index in [1.165, 1.54) is 0 Å². The Hall–Kier alpha value is -2.34. The van der Waals surface area contributed by atoms with Crippen LogP contribution in [0.25, 0.3) is 21.9 Å². The van der Waals surface area contributed by atoms with Crippen LogP contribution in [-0.4, -0.2) is 47.2 Å². The van der Waals surface area contributed by atoms with Crippen LogP contribution in [0.1, 0.15) is 27.7 Å². The minimum atomic E-state index is 0.604. The van der Waals surface area contributed by atoms with Gasteiger partial charge >= 0.3 is 0 Å². The van der Waals surface area contributed by atoms with E-state index in [0.29, 0.717) is 12.1 Å². The lowest BCUT2D eigenvalue weighted by Crippen LogP contribution is -3.18. The molecule has 0 saturated heterocycles. The van der Waals surface area contributed by atoms with E-state index in [1.54, 1.807) is 18.3 Å². The molecule has 0 radical (unpaired) electrons. The summed E-state index contributed by atoms with van der Waals surface area (Å²) < 4.78 is 5.33. The van der Waals surface area contributed by atoms with Crippen LogP contribution in [0.3, 0.4) is 0 Å². The molecule has 134 valence electrons. The number of aromatic amines is 1. The van der Waals surface area contributed by atoms with Crippen molar-refractivity contribution in [1.29, 1.82) is 0 Å². The van der Waals surface area contributed by atoms with Gasteiger partial charge in [0.05, 0.1) is 32.3 Å². The maximum Gasteiger partial charge on any atom is 0.154 e. The highest BCUT2D eigenvalue weighted by atomic mass is 16.5. The molecule has 6 nitrogen and oxygen atoms in total. The first-order chi connectivity index (χ1) is 12.0. The van der Waals surface area contributed by atoms with Crippen LogP contribution in [0, 0.1) is 0 Å². The molecular weight excluding hydrogens is 314 g/mol. The molecule has 0 amide bonds. The number of quaternary nitrogens is 1. The van der Waals surface area contributed by atoms with E-state index in [4.69, 9.17) is 4.74 Å². The van der Waals surface area contributed by atoms with Crippen molar-refractivity contribution in [2.75, 3.05) is 25.5 Å². The van der Waals surface area contributed by atoms with E-state index < -0.39 is 0 Å². The van der Waals surface area contributed by atoms with Crippen molar-refractivity contribution in [3.8, 4) is 5.75 Å². The molecule has 3 aromatic rings. The number of hydrogen-bond donors (Lipinski definition) is 3. The number of fused-ring (bicyclic) bond motifs is 3. The summed E-state index contributed by atoms with van der Waals surface area (Å²) >= 11 is 0. The molecule has 0 aliphatic heterocycles. The number of aromatic nitrogens is 3. The Morgan fingerprint density at radius 3 is 2.60 bits per heavy atom. The van der Waals surface area contributed by atoms with E-state index in [2.05, 4.69) is 48.0 Å². The van der Waals surface area contributed by atoms with E-state index >= 15 is 0 Å². The van der Waals surface area contributed by atoms with Gasteiger partial charge in [-0.15, -0.1) is 0 Å². The largest absolute Gasteiger partial charge is 0.497 e. The minimum Gasteiger partial charge on any atom is -0.497 e. The number of ether oxygens (including phenoxy) is 1. The lowest BCUT2D eigenvalue weighted by atomic mass is 10.2. The van der Waals surface area contributed by atoms with Crippen LogP contribution in [0.15, 0.2) is 24.5 Å². The predicted octanol–water partition coefficient (Wildman–Crippen LogP) is 2.23. The maximum absolute atomic E-state index is 5.33. The summed E-state index contributed by atoms with van der Waals surface area (Å²) in [4.78, 5) is 13.9. The molecule has 3 N–H and O–H groups in total. The molecule has 6 heteroatoms. The number of anilines is 1. The van der Waals surface area contributed by atoms with Crippen molar-refractivity contribution in [3.05, 3.63) is 24.5 Å². The molecule has 0 unspecified atom stereocenters. The van der Waals surface area contributed by atoms with Crippen LogP contribution in [0.4, 0.5) is 5.82 Å². The molecule has 0 bridgehead atoms. The van der Waals surface area contributed by atoms with Gasteiger partial charge in [-0.2, -0.15) is 0 Å². The van der Waals surface area contributed by atoms with Crippen molar-refractivity contribution in [2.45, 2.75) is 39.8 Å². The third-order valence-corrected chi connectivity index (χ3v) is 4.78. The van der Waals surface area contributed by atoms with Crippen LogP contribution >= 0.6 is 0 Å². The van der Waals surface area contributed by atoms with Crippen LogP contribution in [-0.2, 0) is 0 Å². The van der Waals surface area contributed by atoms with E-state index in [0.717, 1.165) is 46.6 Å². The number of methoxy groups -OCH3 is 1. The van der Waals surface area contributed by atoms with Crippen molar-refractivity contribution in [3.63, 3.8) is 0 Å². The summed E-state index contributed by atoms with van der Waals surface area (Å²) in [5.74, 6) is 1.68. The standard InChI is InChI=1S/C19H27N5O/c1-12(2)24(13(3)4)9-8-20-19-18-17(21-11-22-19)15-10-14(25-5)6-7-16(15)23-18/h6-7,10-13,23H,8-9H2,1-5H3,(H,20,21,22)/p+1. The number of hydrogen-bond acceptors (Lipinski definition) is 4. The molecule has 3 rings (SSSR count). The Bertz CT molecular complexity index is 848. The van der Waals surface area contributed by atoms with Crippen LogP contribution in [0.5, 0.6) is 5.75 Å². The summed E-state index contributed by atoms with van der Waals surface area (Å²) in [6, 6.07) is 7.18. The zero-order valence-electron chi connectivity index (χ0n) is 15.7. The Morgan fingerprint density at radius 1 is 1.16 bits per heavy atom. The van der Waals surface area contributed by atoms with E-state index in [-0.39, 0.29) is 0 Å². The van der Waals surface area contributed by atoms with Gasteiger partial charge in [-0.3, -0.25) is 0 Å². The lowest BCUT2D eigenvalue weighted by Gasteiger charge is -2.27. The van der Waals surface area contributed by atoms with E-state index in [1.807, 2.05) is 18.2 Å². The van der Waals surface area contributed by atoms with Gasteiger partial charge in [0.2, 0.25) is 0 Å². The topological polar surface area (TPSA) is 67.3 Å². The number of rotatable bonds is 7. The molecule has 1 aromatic carbocycles. The zero-order chi connectivity index (χ0) is 18.0. The van der Waals surface area contributed by atoms with Gasteiger partial charge in [-0.25, -0.2) is 9.97 Å². The van der Waals surface area contributed by atoms with Crippen LogP contribution in [0.2, 0.25) is 0 Å². The highest BCUT2D eigenvalue weighted by Crippen LogP contribution is 2.29. The quantitative estimate of drug-likeness (QED) is 0.616. The Morgan fingerprint density at radius 2 is 1.92 bits per heavy atom. The molecule has 0 saturated carbocycles. The monoisotopic (exact) mass is 342 g/mol. The maximum atomic E-state index is 5.33. The van der Waals surface area contributed by atoms with Crippen molar-refractivity contribution < 1.29 is 9.64 Å². The minimum absolute atomic E-state index is 0.604. The van der Waals surface area contributed by atoms with Crippen molar-refractivity contribution in [2.24, 2.45) is 0 Å². The summed E-state index contributed by atoms with van der Waals surface area (Å²) in [5, 5.41) is 4.54. The molecule has 0 fully saturated rings. The first-order valence-electron chi connectivity index (χ1n) is 8.91. The van der Waals surface area contributed by atoms with Gasteiger partial charge in [-0.1, -0.05) is 0 Å². The van der Waals surface area contributed by atoms with Gasteiger partial charge in [0.15, 0.2) is 5.82 Å². The normalized spacial score (nSPS) is 12.0. The van der Waals surface area contributed by atoms with Crippen molar-refractivity contribution in [1.82, 2.24) is 15.0 Å². The van der Waals surface area contributed by atoms with Crippen molar-refractivity contribution >= 4 is 27.8 Å². The summed E-state index contributed by atoms with van der Waals surface area (Å²) in [5.41, 5.74) is 2.90. The zero-order valence-corrected chi connectivity index (χ0v) is 15.7. The number of nitrogens with one attached hydrogen (secondary N) is 3. The first-order valence-corrected chi connectivity index (χ1v) is 8.91. The molecule has 2 aromatic heterocycles. The van der Waals surface area contributed by atoms with Crippen LogP contribution < -0.4 is 15.0 Å². The SMILES string of the molecule is COc1ccc2[nH]c3c(NCC[NH+](C(C)C)C(C)C)ncnc3c2c1. The fraction of sp³-hybridized carbons (Fsp3) is 0.474. The van der Waals surface area contributed by atoms with Gasteiger partial charge < -0.3 is 19.9 Å². The smallest absolute Gasteiger partial charge is 0.154 e. The molecular formula is C19H28N5O+. The fourth-order valence-electron chi connectivity index (χ4n) is 3.50. The highest BCUT2D eigenvalue weighted by Gasteiger charge is 2.17. The average molecular weight is 342 g/mol. The molecule has 0 spiro atoms. The number of nitrogens with zero attached hydrogens (tertiary/aromatic N) is 2. The molecule has 0 atom stereocenters. The highest BCUT2D eigenvalue weighted by molar-refractivity contribution is 6.08. The average Bonchev–Trinajstić information content (AvgIpc) is 2.96. The molecule has 0 aliphatic rings. The Balaban J connectivity index is 1.85. The second kappa shape index (κ2) is 7.27. The molecule has 0 aliphatic carbocycles. The number of benzene rings is 1. The first kappa shape index (κ1) is 17.5. The van der Waals surface area contributed by atoms with Gasteiger partial charge in [0.25, 0.3) is 0 Å². The lowest BCUT2D eigenvalue weighted by molar-refractivity contribution is -0.940. The molecule has 25 heavy (non-hydrogen) atoms. The second-order valence-electron chi connectivity index (χ2n) is 7.04. The Kier molecular flexibility index (Phi) is 5.08. The molecule has 2 heterocycles. The van der Waals surface area contributed by atoms with Gasteiger partial charge in [0.1, 0.15) is 23.1 Å². The predicted molar refractivity (Wildman–Crippen MR) is 103 cm³/mol. The summed E-state index contributed by atoms with van der Waals surface area (Å²) in [6.45, 7) is 11.0. The fourth-order valence-corrected chi connectivity index (χ4v) is 3.50. The third kappa shape index (κ3) is 3.54. The van der Waals surface area contributed by atoms with Gasteiger partial charge in [0, 0.05) is 10.9 Å². The third-order valence-electron chi connectivity index (χ3n) is 4.78. The summed E-state index contributed by atoms with van der Waals surface area (Å²) in [7, 11) is 1.68. The second-order valence-corrected chi connectivity index (χ2v) is 7.04. The van der Waals surface area contributed by atoms with Gasteiger partial charge in [-0.05, 0) is 45.9 Å². The van der Waals surface area contributed by atoms with E-state index in [9.17, 15) is 0 Å². The summed E-state index contributed by atoms with van der Waals surface area (Å²) in [6.07, 6.45) is 1.62. The number of H-pyrrole nitrogens is 1. The Labute approximate surface area is 148 Å².